The SMILES string of the molecule is C/C=C/[C@H](C)C(OCc1ccccc1)[C@H](C)COCc1ccccc1.CC1(C)O[C@@H](/C=C/CO)C(OCc2ccccc2)[C@@H](COCc2ccccc2)O1. The third-order valence-electron chi connectivity index (χ3n) is 9.01. The van der Waals surface area contributed by atoms with E-state index in [9.17, 15) is 5.11 Å². The normalized spacial score (nSPS) is 19.9. The first-order valence-corrected chi connectivity index (χ1v) is 19.1. The molecule has 6 atom stereocenters. The zero-order chi connectivity index (χ0) is 38.4. The summed E-state index contributed by atoms with van der Waals surface area (Å²) < 4.78 is 36.6. The van der Waals surface area contributed by atoms with E-state index in [1.807, 2.05) is 105 Å². The van der Waals surface area contributed by atoms with Gasteiger partial charge in [-0.3, -0.25) is 0 Å². The van der Waals surface area contributed by atoms with Crippen molar-refractivity contribution in [1.29, 1.82) is 0 Å². The molecule has 1 saturated heterocycles. The van der Waals surface area contributed by atoms with Gasteiger partial charge in [0.1, 0.15) is 18.3 Å². The van der Waals surface area contributed by atoms with E-state index >= 15 is 0 Å². The molecule has 1 heterocycles. The Kier molecular flexibility index (Phi) is 18.9. The summed E-state index contributed by atoms with van der Waals surface area (Å²) in [6.45, 7) is 13.5. The van der Waals surface area contributed by atoms with Gasteiger partial charge in [-0.15, -0.1) is 0 Å². The standard InChI is InChI=1S/C24H30O5.C23H30O2/c1-24(2)28-21(14-9-15-25)23(27-17-20-12-7-4-8-13-20)22(29-24)18-26-16-19-10-5-3-6-11-19;1-4-11-19(2)23(25-18-22-14-9-6-10-15-22)20(3)16-24-17-21-12-7-5-8-13-21/h3-14,21-23,25H,15-18H2,1-2H3;4-15,19-20,23H,16-18H2,1-3H3/b14-9+;11-4+/t21-,22+,23?;19-,20+,23?/m00/s1. The van der Waals surface area contributed by atoms with Gasteiger partial charge in [-0.25, -0.2) is 0 Å². The Bertz CT molecular complexity index is 1590. The van der Waals surface area contributed by atoms with Crippen LogP contribution >= 0.6 is 0 Å². The van der Waals surface area contributed by atoms with Gasteiger partial charge in [-0.1, -0.05) is 159 Å². The first-order chi connectivity index (χ1) is 26.3. The summed E-state index contributed by atoms with van der Waals surface area (Å²) in [4.78, 5) is 0. The summed E-state index contributed by atoms with van der Waals surface area (Å²) >= 11 is 0. The van der Waals surface area contributed by atoms with Crippen LogP contribution < -0.4 is 0 Å². The molecule has 0 aliphatic carbocycles. The second-order valence-corrected chi connectivity index (χ2v) is 14.1. The van der Waals surface area contributed by atoms with Crippen molar-refractivity contribution in [3.8, 4) is 0 Å². The highest BCUT2D eigenvalue weighted by molar-refractivity contribution is 5.16. The summed E-state index contributed by atoms with van der Waals surface area (Å²) in [6, 6.07) is 40.7. The number of aliphatic hydroxyl groups is 1. The minimum atomic E-state index is -0.780. The lowest BCUT2D eigenvalue weighted by atomic mass is 9.93. The maximum atomic E-state index is 9.22. The van der Waals surface area contributed by atoms with Crippen LogP contribution in [0.1, 0.15) is 56.9 Å². The Hall–Kier alpha value is -3.92. The molecule has 1 aliphatic rings. The maximum Gasteiger partial charge on any atom is 0.164 e. The zero-order valence-electron chi connectivity index (χ0n) is 32.7. The number of hydrogen-bond donors (Lipinski definition) is 1. The van der Waals surface area contributed by atoms with Crippen LogP contribution in [0.4, 0.5) is 0 Å². The van der Waals surface area contributed by atoms with E-state index in [1.54, 1.807) is 6.08 Å². The number of aliphatic hydroxyl groups excluding tert-OH is 1. The highest BCUT2D eigenvalue weighted by Gasteiger charge is 2.43. The minimum Gasteiger partial charge on any atom is -0.392 e. The second-order valence-electron chi connectivity index (χ2n) is 14.1. The molecule has 0 radical (unpaired) electrons. The van der Waals surface area contributed by atoms with Crippen LogP contribution in [0.2, 0.25) is 0 Å². The lowest BCUT2D eigenvalue weighted by molar-refractivity contribution is -0.336. The summed E-state index contributed by atoms with van der Waals surface area (Å²) in [5.74, 6) is -0.111. The van der Waals surface area contributed by atoms with Gasteiger partial charge in [-0.2, -0.15) is 0 Å². The number of benzene rings is 4. The summed E-state index contributed by atoms with van der Waals surface area (Å²) in [5.41, 5.74) is 4.60. The van der Waals surface area contributed by atoms with Gasteiger partial charge in [0.2, 0.25) is 0 Å². The van der Waals surface area contributed by atoms with E-state index < -0.39 is 5.79 Å². The Morgan fingerprint density at radius 2 is 1.19 bits per heavy atom. The second kappa shape index (κ2) is 23.8. The van der Waals surface area contributed by atoms with Gasteiger partial charge in [0.05, 0.1) is 52.4 Å². The molecule has 0 spiro atoms. The molecule has 0 saturated carbocycles. The molecule has 1 fully saturated rings. The third kappa shape index (κ3) is 15.4. The monoisotopic (exact) mass is 736 g/mol. The van der Waals surface area contributed by atoms with Crippen LogP contribution in [-0.2, 0) is 54.8 Å². The molecular formula is C47H60O7. The lowest BCUT2D eigenvalue weighted by Crippen LogP contribution is -2.56. The molecule has 0 amide bonds. The van der Waals surface area contributed by atoms with Crippen molar-refractivity contribution in [2.24, 2.45) is 11.8 Å². The van der Waals surface area contributed by atoms with Crippen LogP contribution in [0.3, 0.4) is 0 Å². The smallest absolute Gasteiger partial charge is 0.164 e. The van der Waals surface area contributed by atoms with Crippen LogP contribution in [0.15, 0.2) is 146 Å². The van der Waals surface area contributed by atoms with Gasteiger partial charge in [0.15, 0.2) is 5.79 Å². The number of rotatable bonds is 19. The predicted molar refractivity (Wildman–Crippen MR) is 215 cm³/mol. The fourth-order valence-electron chi connectivity index (χ4n) is 6.42. The Morgan fingerprint density at radius 3 is 1.70 bits per heavy atom. The van der Waals surface area contributed by atoms with Crippen LogP contribution in [0.5, 0.6) is 0 Å². The van der Waals surface area contributed by atoms with Gasteiger partial charge in [0.25, 0.3) is 0 Å². The molecule has 7 heteroatoms. The largest absolute Gasteiger partial charge is 0.392 e. The molecule has 0 aromatic heterocycles. The van der Waals surface area contributed by atoms with Crippen LogP contribution in [0, 0.1) is 11.8 Å². The van der Waals surface area contributed by atoms with Crippen molar-refractivity contribution in [1.82, 2.24) is 0 Å². The van der Waals surface area contributed by atoms with E-state index in [2.05, 4.69) is 69.3 Å². The average molecular weight is 737 g/mol. The topological polar surface area (TPSA) is 75.6 Å². The highest BCUT2D eigenvalue weighted by atomic mass is 16.7. The minimum absolute atomic E-state index is 0.0538. The van der Waals surface area contributed by atoms with Crippen LogP contribution in [0.25, 0.3) is 0 Å². The van der Waals surface area contributed by atoms with Crippen molar-refractivity contribution in [2.45, 2.75) is 91.2 Å². The van der Waals surface area contributed by atoms with Gasteiger partial charge in [-0.05, 0) is 43.0 Å². The summed E-state index contributed by atoms with van der Waals surface area (Å²) in [6.07, 6.45) is 6.94. The fraction of sp³-hybridized carbons (Fsp3) is 0.404. The Balaban J connectivity index is 0.000000244. The summed E-state index contributed by atoms with van der Waals surface area (Å²) in [5, 5.41) is 9.22. The van der Waals surface area contributed by atoms with E-state index in [1.165, 1.54) is 11.1 Å². The van der Waals surface area contributed by atoms with Crippen LogP contribution in [-0.4, -0.2) is 55.1 Å². The highest BCUT2D eigenvalue weighted by Crippen LogP contribution is 2.31. The van der Waals surface area contributed by atoms with Gasteiger partial charge < -0.3 is 33.5 Å². The number of ether oxygens (including phenoxy) is 6. The molecular weight excluding hydrogens is 677 g/mol. The maximum absolute atomic E-state index is 9.22. The number of allylic oxidation sites excluding steroid dienone is 1. The zero-order valence-corrected chi connectivity index (χ0v) is 32.7. The van der Waals surface area contributed by atoms with Crippen molar-refractivity contribution >= 4 is 0 Å². The van der Waals surface area contributed by atoms with E-state index in [0.29, 0.717) is 51.5 Å². The molecule has 290 valence electrons. The molecule has 54 heavy (non-hydrogen) atoms. The molecule has 1 N–H and O–H groups in total. The van der Waals surface area contributed by atoms with E-state index in [4.69, 9.17) is 28.4 Å². The molecule has 1 aliphatic heterocycles. The quantitative estimate of drug-likeness (QED) is 0.0962. The van der Waals surface area contributed by atoms with Crippen molar-refractivity contribution in [3.63, 3.8) is 0 Å². The molecule has 4 aromatic rings. The first-order valence-electron chi connectivity index (χ1n) is 19.1. The third-order valence-corrected chi connectivity index (χ3v) is 9.01. The van der Waals surface area contributed by atoms with Crippen molar-refractivity contribution < 1.29 is 33.5 Å². The average Bonchev–Trinajstić information content (AvgIpc) is 3.18. The summed E-state index contributed by atoms with van der Waals surface area (Å²) in [7, 11) is 0. The molecule has 4 aromatic carbocycles. The van der Waals surface area contributed by atoms with Crippen molar-refractivity contribution in [3.05, 3.63) is 168 Å². The lowest BCUT2D eigenvalue weighted by Gasteiger charge is -2.44. The molecule has 7 nitrogen and oxygen atoms in total. The Morgan fingerprint density at radius 1 is 0.685 bits per heavy atom. The predicted octanol–water partition coefficient (Wildman–Crippen LogP) is 9.49. The van der Waals surface area contributed by atoms with Crippen molar-refractivity contribution in [2.75, 3.05) is 19.8 Å². The molecule has 2 unspecified atom stereocenters. The number of hydrogen-bond acceptors (Lipinski definition) is 7. The molecule has 5 rings (SSSR count). The van der Waals surface area contributed by atoms with E-state index in [-0.39, 0.29) is 31.0 Å². The van der Waals surface area contributed by atoms with Gasteiger partial charge >= 0.3 is 0 Å². The fourth-order valence-corrected chi connectivity index (χ4v) is 6.42. The Labute approximate surface area is 323 Å². The first kappa shape index (κ1) is 42.8. The van der Waals surface area contributed by atoms with E-state index in [0.717, 1.165) is 11.1 Å². The van der Waals surface area contributed by atoms with Gasteiger partial charge in [0, 0.05) is 11.8 Å². The molecule has 0 bridgehead atoms.